The summed E-state index contributed by atoms with van der Waals surface area (Å²) >= 11 is 6.23. The maximum absolute atomic E-state index is 13.1. The Balaban J connectivity index is 1.34. The number of halogens is 1. The van der Waals surface area contributed by atoms with Crippen molar-refractivity contribution in [2.75, 3.05) is 26.3 Å². The Morgan fingerprint density at radius 3 is 2.60 bits per heavy atom. The number of nitrogens with one attached hydrogen (secondary N) is 2. The standard InChI is InChI=1S/C23H32ClN3O3/c24-19-7-3-6-17(14-19)21(16-4-1-2-5-16)26-22(28)18-8-9-20(15-18)25-23(29)27-10-12-30-13-11-27/h3,6-7,14,16,18,20-21H,1-2,4-5,8-13,15H2,(H,25,29)(H,26,28)/t18-,20-,21+/m1/s1. The fourth-order valence-corrected chi connectivity index (χ4v) is 5.32. The van der Waals surface area contributed by atoms with Gasteiger partial charge in [0.1, 0.15) is 0 Å². The van der Waals surface area contributed by atoms with E-state index in [4.69, 9.17) is 16.3 Å². The smallest absolute Gasteiger partial charge is 0.317 e. The minimum absolute atomic E-state index is 0.0145. The zero-order valence-corrected chi connectivity index (χ0v) is 18.2. The van der Waals surface area contributed by atoms with Crippen LogP contribution >= 0.6 is 11.6 Å². The van der Waals surface area contributed by atoms with E-state index in [2.05, 4.69) is 16.7 Å². The molecule has 1 aliphatic heterocycles. The van der Waals surface area contributed by atoms with Gasteiger partial charge in [0, 0.05) is 30.1 Å². The summed E-state index contributed by atoms with van der Waals surface area (Å²) in [6, 6.07) is 7.91. The summed E-state index contributed by atoms with van der Waals surface area (Å²) in [6.07, 6.45) is 7.08. The fourth-order valence-electron chi connectivity index (χ4n) is 5.12. The highest BCUT2D eigenvalue weighted by Gasteiger charge is 2.35. The van der Waals surface area contributed by atoms with E-state index in [1.807, 2.05) is 18.2 Å². The SMILES string of the molecule is O=C(N[C@H](c1cccc(Cl)c1)C1CCCC1)[C@@H]1CC[C@@H](NC(=O)N2CCOCC2)C1. The molecular formula is C23H32ClN3O3. The molecule has 1 aromatic carbocycles. The first kappa shape index (κ1) is 21.4. The summed E-state index contributed by atoms with van der Waals surface area (Å²) in [5.74, 6) is 0.517. The van der Waals surface area contributed by atoms with Crippen LogP contribution in [0.25, 0.3) is 0 Å². The number of ether oxygens (including phenoxy) is 1. The molecule has 7 heteroatoms. The van der Waals surface area contributed by atoms with E-state index in [1.165, 1.54) is 12.8 Å². The minimum Gasteiger partial charge on any atom is -0.378 e. The molecule has 0 aromatic heterocycles. The molecule has 4 rings (SSSR count). The molecular weight excluding hydrogens is 402 g/mol. The van der Waals surface area contributed by atoms with E-state index in [9.17, 15) is 9.59 Å². The maximum Gasteiger partial charge on any atom is 0.317 e. The molecule has 30 heavy (non-hydrogen) atoms. The van der Waals surface area contributed by atoms with Gasteiger partial charge < -0.3 is 20.3 Å². The van der Waals surface area contributed by atoms with Gasteiger partial charge in [-0.25, -0.2) is 4.79 Å². The van der Waals surface area contributed by atoms with E-state index < -0.39 is 0 Å². The predicted octanol–water partition coefficient (Wildman–Crippen LogP) is 3.90. The van der Waals surface area contributed by atoms with Crippen molar-refractivity contribution in [2.45, 2.75) is 57.0 Å². The molecule has 1 saturated heterocycles. The third-order valence-corrected chi connectivity index (χ3v) is 7.04. The number of amides is 3. The summed E-state index contributed by atoms with van der Waals surface area (Å²) in [7, 11) is 0. The van der Waals surface area contributed by atoms with E-state index in [0.717, 1.165) is 31.2 Å². The Bertz CT molecular complexity index is 747. The van der Waals surface area contributed by atoms with E-state index >= 15 is 0 Å². The number of hydrogen-bond acceptors (Lipinski definition) is 3. The van der Waals surface area contributed by atoms with Crippen molar-refractivity contribution in [1.82, 2.24) is 15.5 Å². The first-order valence-corrected chi connectivity index (χ1v) is 11.7. The number of benzene rings is 1. The zero-order valence-electron chi connectivity index (χ0n) is 17.4. The molecule has 164 valence electrons. The number of carbonyl (C=O) groups is 2. The molecule has 6 nitrogen and oxygen atoms in total. The molecule has 1 aromatic rings. The van der Waals surface area contributed by atoms with Crippen LogP contribution in [0.3, 0.4) is 0 Å². The second-order valence-corrected chi connectivity index (χ2v) is 9.28. The Kier molecular flexibility index (Phi) is 7.16. The summed E-state index contributed by atoms with van der Waals surface area (Å²) in [6.45, 7) is 2.45. The lowest BCUT2D eigenvalue weighted by molar-refractivity contribution is -0.126. The van der Waals surface area contributed by atoms with Crippen LogP contribution in [0.5, 0.6) is 0 Å². The van der Waals surface area contributed by atoms with Crippen molar-refractivity contribution in [1.29, 1.82) is 0 Å². The molecule has 1 heterocycles. The predicted molar refractivity (Wildman–Crippen MR) is 116 cm³/mol. The number of rotatable bonds is 5. The molecule has 3 amide bonds. The normalized spacial score (nSPS) is 25.8. The lowest BCUT2D eigenvalue weighted by Gasteiger charge is -2.28. The van der Waals surface area contributed by atoms with Crippen molar-refractivity contribution >= 4 is 23.5 Å². The van der Waals surface area contributed by atoms with Crippen LogP contribution in [0.15, 0.2) is 24.3 Å². The highest BCUT2D eigenvalue weighted by molar-refractivity contribution is 6.30. The topological polar surface area (TPSA) is 70.7 Å². The molecule has 3 atom stereocenters. The second-order valence-electron chi connectivity index (χ2n) is 8.84. The van der Waals surface area contributed by atoms with Crippen molar-refractivity contribution in [3.05, 3.63) is 34.9 Å². The van der Waals surface area contributed by atoms with Crippen LogP contribution in [-0.4, -0.2) is 49.2 Å². The molecule has 2 N–H and O–H groups in total. The summed E-state index contributed by atoms with van der Waals surface area (Å²) in [5, 5.41) is 7.16. The van der Waals surface area contributed by atoms with E-state index in [1.54, 1.807) is 4.90 Å². The highest BCUT2D eigenvalue weighted by atomic mass is 35.5. The van der Waals surface area contributed by atoms with Gasteiger partial charge in [0.2, 0.25) is 5.91 Å². The van der Waals surface area contributed by atoms with Crippen molar-refractivity contribution in [3.8, 4) is 0 Å². The van der Waals surface area contributed by atoms with Crippen LogP contribution in [-0.2, 0) is 9.53 Å². The van der Waals surface area contributed by atoms with E-state index in [-0.39, 0.29) is 29.9 Å². The van der Waals surface area contributed by atoms with Gasteiger partial charge in [-0.05, 0) is 55.7 Å². The third kappa shape index (κ3) is 5.27. The van der Waals surface area contributed by atoms with Gasteiger partial charge in [-0.1, -0.05) is 36.6 Å². The lowest BCUT2D eigenvalue weighted by Crippen LogP contribution is -2.48. The first-order chi connectivity index (χ1) is 14.6. The molecule has 0 bridgehead atoms. The van der Waals surface area contributed by atoms with E-state index in [0.29, 0.717) is 43.7 Å². The number of morpholine rings is 1. The van der Waals surface area contributed by atoms with Crippen molar-refractivity contribution < 1.29 is 14.3 Å². The van der Waals surface area contributed by atoms with Gasteiger partial charge in [-0.3, -0.25) is 4.79 Å². The van der Waals surface area contributed by atoms with Crippen LogP contribution in [0.2, 0.25) is 5.02 Å². The number of carbonyl (C=O) groups excluding carboxylic acids is 2. The van der Waals surface area contributed by atoms with Gasteiger partial charge in [0.25, 0.3) is 0 Å². The third-order valence-electron chi connectivity index (χ3n) is 6.81. The lowest BCUT2D eigenvalue weighted by atomic mass is 9.91. The summed E-state index contributed by atoms with van der Waals surface area (Å²) < 4.78 is 5.31. The molecule has 0 unspecified atom stereocenters. The van der Waals surface area contributed by atoms with Crippen LogP contribution in [0.1, 0.15) is 56.6 Å². The van der Waals surface area contributed by atoms with Crippen LogP contribution in [0, 0.1) is 11.8 Å². The van der Waals surface area contributed by atoms with Crippen molar-refractivity contribution in [3.63, 3.8) is 0 Å². The van der Waals surface area contributed by atoms with Crippen LogP contribution in [0.4, 0.5) is 4.79 Å². The van der Waals surface area contributed by atoms with Gasteiger partial charge in [0.05, 0.1) is 19.3 Å². The quantitative estimate of drug-likeness (QED) is 0.739. The highest BCUT2D eigenvalue weighted by Crippen LogP contribution is 2.37. The average Bonchev–Trinajstić information content (AvgIpc) is 3.45. The number of nitrogens with zero attached hydrogens (tertiary/aromatic N) is 1. The molecule has 2 aliphatic carbocycles. The van der Waals surface area contributed by atoms with Gasteiger partial charge in [0.15, 0.2) is 0 Å². The number of urea groups is 1. The van der Waals surface area contributed by atoms with Gasteiger partial charge >= 0.3 is 6.03 Å². The van der Waals surface area contributed by atoms with Gasteiger partial charge in [-0.15, -0.1) is 0 Å². The van der Waals surface area contributed by atoms with Gasteiger partial charge in [-0.2, -0.15) is 0 Å². The fraction of sp³-hybridized carbons (Fsp3) is 0.652. The van der Waals surface area contributed by atoms with Crippen molar-refractivity contribution in [2.24, 2.45) is 11.8 Å². The Labute approximate surface area is 183 Å². The molecule has 3 fully saturated rings. The monoisotopic (exact) mass is 433 g/mol. The Morgan fingerprint density at radius 2 is 1.87 bits per heavy atom. The molecule has 2 saturated carbocycles. The molecule has 0 radical (unpaired) electrons. The first-order valence-electron chi connectivity index (χ1n) is 11.3. The largest absolute Gasteiger partial charge is 0.378 e. The Hall–Kier alpha value is -1.79. The minimum atomic E-state index is -0.0527. The second kappa shape index (κ2) is 10.0. The zero-order chi connectivity index (χ0) is 20.9. The summed E-state index contributed by atoms with van der Waals surface area (Å²) in [4.78, 5) is 27.4. The maximum atomic E-state index is 13.1. The Morgan fingerprint density at radius 1 is 1.10 bits per heavy atom. The molecule has 3 aliphatic rings. The number of hydrogen-bond donors (Lipinski definition) is 2. The van der Waals surface area contributed by atoms with Crippen LogP contribution < -0.4 is 10.6 Å². The summed E-state index contributed by atoms with van der Waals surface area (Å²) in [5.41, 5.74) is 1.10. The average molecular weight is 434 g/mol. The molecule has 0 spiro atoms.